The molecule has 1 aromatic carbocycles. The zero-order chi connectivity index (χ0) is 15.6. The van der Waals surface area contributed by atoms with E-state index in [0.717, 1.165) is 32.4 Å². The molecule has 1 saturated heterocycles. The first-order valence-electron chi connectivity index (χ1n) is 8.77. The van der Waals surface area contributed by atoms with E-state index in [9.17, 15) is 4.79 Å². The number of carbonyl (C=O) groups excluding carboxylic acids is 1. The zero-order valence-corrected chi connectivity index (χ0v) is 13.9. The van der Waals surface area contributed by atoms with Crippen molar-refractivity contribution in [3.8, 4) is 0 Å². The Balaban J connectivity index is 1.54. The smallest absolute Gasteiger partial charge is 0.361 e. The number of piperidine rings is 1. The molecule has 1 heterocycles. The molecule has 1 aliphatic heterocycles. The van der Waals surface area contributed by atoms with Gasteiger partial charge < -0.3 is 9.64 Å². The Morgan fingerprint density at radius 3 is 2.59 bits per heavy atom. The lowest BCUT2D eigenvalue weighted by atomic mass is 9.99. The molecule has 2 rings (SSSR count). The van der Waals surface area contributed by atoms with E-state index in [1.807, 2.05) is 0 Å². The number of aryl methyl sites for hydroxylation is 1. The standard InChI is InChI=1S/C19H29NO2/c1-17(10-11-18-8-4-2-5-9-18)12-15-22-19(21)16-20-13-6-3-7-14-20/h2,4-5,8-9,17H,3,6-7,10-16H2,1H3/p+1/t17-/m1/s1. The Morgan fingerprint density at radius 2 is 1.86 bits per heavy atom. The van der Waals surface area contributed by atoms with Gasteiger partial charge in [-0.05, 0) is 50.0 Å². The van der Waals surface area contributed by atoms with Crippen molar-refractivity contribution in [3.63, 3.8) is 0 Å². The van der Waals surface area contributed by atoms with Gasteiger partial charge >= 0.3 is 5.97 Å². The lowest BCUT2D eigenvalue weighted by molar-refractivity contribution is -0.897. The Morgan fingerprint density at radius 1 is 1.14 bits per heavy atom. The molecule has 1 fully saturated rings. The van der Waals surface area contributed by atoms with Crippen molar-refractivity contribution in [2.75, 3.05) is 26.2 Å². The molecule has 1 aromatic rings. The molecule has 0 radical (unpaired) electrons. The second kappa shape index (κ2) is 9.62. The van der Waals surface area contributed by atoms with Gasteiger partial charge in [0.05, 0.1) is 19.7 Å². The van der Waals surface area contributed by atoms with E-state index in [1.54, 1.807) is 0 Å². The van der Waals surface area contributed by atoms with E-state index in [2.05, 4.69) is 37.3 Å². The van der Waals surface area contributed by atoms with Gasteiger partial charge in [-0.1, -0.05) is 37.3 Å². The minimum absolute atomic E-state index is 0.0211. The fourth-order valence-electron chi connectivity index (χ4n) is 3.06. The van der Waals surface area contributed by atoms with Crippen LogP contribution < -0.4 is 4.90 Å². The quantitative estimate of drug-likeness (QED) is 0.747. The predicted octanol–water partition coefficient (Wildman–Crippen LogP) is 2.26. The summed E-state index contributed by atoms with van der Waals surface area (Å²) < 4.78 is 5.41. The van der Waals surface area contributed by atoms with Gasteiger partial charge in [-0.2, -0.15) is 0 Å². The number of benzene rings is 1. The molecule has 0 saturated carbocycles. The van der Waals surface area contributed by atoms with E-state index in [0.29, 0.717) is 19.1 Å². The van der Waals surface area contributed by atoms with Crippen LogP contribution in [0.15, 0.2) is 30.3 Å². The van der Waals surface area contributed by atoms with Gasteiger partial charge in [-0.25, -0.2) is 4.79 Å². The highest BCUT2D eigenvalue weighted by molar-refractivity contribution is 5.70. The van der Waals surface area contributed by atoms with Crippen molar-refractivity contribution in [1.82, 2.24) is 0 Å². The van der Waals surface area contributed by atoms with Crippen LogP contribution in [0.5, 0.6) is 0 Å². The van der Waals surface area contributed by atoms with Crippen LogP contribution in [0.2, 0.25) is 0 Å². The monoisotopic (exact) mass is 304 g/mol. The molecule has 0 aromatic heterocycles. The maximum Gasteiger partial charge on any atom is 0.361 e. The summed E-state index contributed by atoms with van der Waals surface area (Å²) in [7, 11) is 0. The van der Waals surface area contributed by atoms with Crippen LogP contribution in [0.4, 0.5) is 0 Å². The molecule has 0 aliphatic carbocycles. The summed E-state index contributed by atoms with van der Waals surface area (Å²) in [6.07, 6.45) is 7.04. The van der Waals surface area contributed by atoms with Gasteiger partial charge in [0.1, 0.15) is 0 Å². The van der Waals surface area contributed by atoms with Gasteiger partial charge in [0, 0.05) is 0 Å². The molecule has 22 heavy (non-hydrogen) atoms. The Hall–Kier alpha value is -1.35. The molecule has 0 bridgehead atoms. The third kappa shape index (κ3) is 6.61. The molecule has 1 aliphatic rings. The van der Waals surface area contributed by atoms with Crippen molar-refractivity contribution in [1.29, 1.82) is 0 Å². The van der Waals surface area contributed by atoms with Crippen LogP contribution in [0.1, 0.15) is 44.6 Å². The van der Waals surface area contributed by atoms with E-state index in [4.69, 9.17) is 4.74 Å². The van der Waals surface area contributed by atoms with Crippen LogP contribution in [0, 0.1) is 5.92 Å². The highest BCUT2D eigenvalue weighted by atomic mass is 16.5. The lowest BCUT2D eigenvalue weighted by Crippen LogP contribution is -3.13. The van der Waals surface area contributed by atoms with Crippen LogP contribution in [-0.4, -0.2) is 32.2 Å². The third-order valence-corrected chi connectivity index (χ3v) is 4.60. The fourth-order valence-corrected chi connectivity index (χ4v) is 3.06. The molecule has 3 heteroatoms. The fraction of sp³-hybridized carbons (Fsp3) is 0.632. The zero-order valence-electron chi connectivity index (χ0n) is 13.9. The topological polar surface area (TPSA) is 30.7 Å². The molecule has 0 amide bonds. The number of quaternary nitrogens is 1. The molecule has 3 nitrogen and oxygen atoms in total. The number of rotatable bonds is 8. The summed E-state index contributed by atoms with van der Waals surface area (Å²) in [5.74, 6) is 0.572. The Labute approximate surface area is 134 Å². The highest BCUT2D eigenvalue weighted by Gasteiger charge is 2.18. The SMILES string of the molecule is C[C@@H](CCOC(=O)C[NH+]1CCCCC1)CCc1ccccc1. The number of hydrogen-bond acceptors (Lipinski definition) is 2. The van der Waals surface area contributed by atoms with Crippen molar-refractivity contribution in [2.24, 2.45) is 5.92 Å². The molecule has 122 valence electrons. The van der Waals surface area contributed by atoms with Crippen molar-refractivity contribution >= 4 is 5.97 Å². The van der Waals surface area contributed by atoms with Gasteiger partial charge in [-0.15, -0.1) is 0 Å². The van der Waals surface area contributed by atoms with E-state index >= 15 is 0 Å². The van der Waals surface area contributed by atoms with Gasteiger partial charge in [0.2, 0.25) is 0 Å². The Kier molecular flexibility index (Phi) is 7.44. The third-order valence-electron chi connectivity index (χ3n) is 4.60. The molecular formula is C19H30NO2+. The van der Waals surface area contributed by atoms with E-state index in [1.165, 1.54) is 29.7 Å². The van der Waals surface area contributed by atoms with E-state index < -0.39 is 0 Å². The van der Waals surface area contributed by atoms with E-state index in [-0.39, 0.29) is 5.97 Å². The second-order valence-electron chi connectivity index (χ2n) is 6.63. The average molecular weight is 304 g/mol. The first-order chi connectivity index (χ1) is 10.7. The summed E-state index contributed by atoms with van der Waals surface area (Å²) in [6.45, 7) is 5.62. The minimum Gasteiger partial charge on any atom is -0.462 e. The number of esters is 1. The molecule has 1 atom stereocenters. The lowest BCUT2D eigenvalue weighted by Gasteiger charge is -2.22. The highest BCUT2D eigenvalue weighted by Crippen LogP contribution is 2.12. The normalized spacial score (nSPS) is 17.1. The summed E-state index contributed by atoms with van der Waals surface area (Å²) in [5, 5.41) is 0. The molecule has 0 unspecified atom stereocenters. The summed E-state index contributed by atoms with van der Waals surface area (Å²) in [4.78, 5) is 13.2. The Bertz CT molecular complexity index is 426. The van der Waals surface area contributed by atoms with Crippen LogP contribution in [-0.2, 0) is 16.0 Å². The maximum atomic E-state index is 11.8. The molecule has 0 spiro atoms. The van der Waals surface area contributed by atoms with Crippen LogP contribution in [0.3, 0.4) is 0 Å². The number of nitrogens with one attached hydrogen (secondary N) is 1. The summed E-state index contributed by atoms with van der Waals surface area (Å²) >= 11 is 0. The number of carbonyl (C=O) groups is 1. The predicted molar refractivity (Wildman–Crippen MR) is 88.9 cm³/mol. The molecular weight excluding hydrogens is 274 g/mol. The summed E-state index contributed by atoms with van der Waals surface area (Å²) in [5.41, 5.74) is 1.39. The number of ether oxygens (including phenoxy) is 1. The molecule has 1 N–H and O–H groups in total. The van der Waals surface area contributed by atoms with Crippen molar-refractivity contribution in [3.05, 3.63) is 35.9 Å². The first kappa shape index (κ1) is 17.0. The van der Waals surface area contributed by atoms with Gasteiger partial charge in [-0.3, -0.25) is 0 Å². The largest absolute Gasteiger partial charge is 0.462 e. The number of hydrogen-bond donors (Lipinski definition) is 1. The van der Waals surface area contributed by atoms with Gasteiger partial charge in [0.15, 0.2) is 6.54 Å². The van der Waals surface area contributed by atoms with Crippen LogP contribution in [0.25, 0.3) is 0 Å². The average Bonchev–Trinajstić information content (AvgIpc) is 2.55. The second-order valence-corrected chi connectivity index (χ2v) is 6.63. The minimum atomic E-state index is -0.0211. The maximum absolute atomic E-state index is 11.8. The summed E-state index contributed by atoms with van der Waals surface area (Å²) in [6, 6.07) is 10.6. The van der Waals surface area contributed by atoms with Crippen molar-refractivity contribution < 1.29 is 14.4 Å². The first-order valence-corrected chi connectivity index (χ1v) is 8.77. The van der Waals surface area contributed by atoms with Gasteiger partial charge in [0.25, 0.3) is 0 Å². The number of likely N-dealkylation sites (tertiary alicyclic amines) is 1. The van der Waals surface area contributed by atoms with Crippen molar-refractivity contribution in [2.45, 2.75) is 45.4 Å². The van der Waals surface area contributed by atoms with Crippen LogP contribution >= 0.6 is 0 Å².